The zero-order valence-electron chi connectivity index (χ0n) is 7.49. The molecule has 0 saturated heterocycles. The highest BCUT2D eigenvalue weighted by atomic mass is 15.3. The van der Waals surface area contributed by atoms with Crippen LogP contribution in [0.5, 0.6) is 0 Å². The van der Waals surface area contributed by atoms with Crippen molar-refractivity contribution in [3.8, 4) is 0 Å². The normalized spacial score (nSPS) is 13.7. The molecule has 2 aromatic rings. The molecule has 2 N–H and O–H groups in total. The Morgan fingerprint density at radius 3 is 3.14 bits per heavy atom. The number of rotatable bonds is 0. The number of anilines is 1. The number of H-pyrrole nitrogens is 1. The maximum atomic E-state index is 4.07. The summed E-state index contributed by atoms with van der Waals surface area (Å²) in [5, 5.41) is 6.43. The van der Waals surface area contributed by atoms with Crippen molar-refractivity contribution in [3.05, 3.63) is 36.2 Å². The number of aromatic amines is 1. The largest absolute Gasteiger partial charge is 0.366 e. The summed E-state index contributed by atoms with van der Waals surface area (Å²) in [5.41, 5.74) is 5.27. The second kappa shape index (κ2) is 2.73. The summed E-state index contributed by atoms with van der Waals surface area (Å²) in [5.74, 6) is 0. The third-order valence-corrected chi connectivity index (χ3v) is 2.39. The van der Waals surface area contributed by atoms with Gasteiger partial charge < -0.3 is 4.98 Å². The van der Waals surface area contributed by atoms with Crippen molar-refractivity contribution in [2.45, 2.75) is 0 Å². The van der Waals surface area contributed by atoms with E-state index < -0.39 is 0 Å². The summed E-state index contributed by atoms with van der Waals surface area (Å²) in [4.78, 5) is 3.09. The minimum atomic E-state index is 1.06. The van der Waals surface area contributed by atoms with Crippen LogP contribution < -0.4 is 5.43 Å². The van der Waals surface area contributed by atoms with E-state index >= 15 is 0 Å². The highest BCUT2D eigenvalue weighted by molar-refractivity contribution is 5.99. The highest BCUT2D eigenvalue weighted by Gasteiger charge is 2.06. The lowest BCUT2D eigenvalue weighted by Gasteiger charge is -2.04. The van der Waals surface area contributed by atoms with Gasteiger partial charge in [-0.15, -0.1) is 0 Å². The van der Waals surface area contributed by atoms with Crippen LogP contribution in [-0.2, 0) is 0 Å². The molecule has 0 unspecified atom stereocenters. The quantitative estimate of drug-likeness (QED) is 0.647. The van der Waals surface area contributed by atoms with Crippen molar-refractivity contribution in [2.75, 3.05) is 5.43 Å². The van der Waals surface area contributed by atoms with E-state index in [0.29, 0.717) is 0 Å². The molecule has 0 fully saturated rings. The molecule has 3 heteroatoms. The molecule has 0 atom stereocenters. The molecule has 0 aliphatic carbocycles. The van der Waals surface area contributed by atoms with E-state index in [-0.39, 0.29) is 0 Å². The number of fused-ring (bicyclic) bond motifs is 3. The smallest absolute Gasteiger partial charge is 0.0727 e. The lowest BCUT2D eigenvalue weighted by molar-refractivity contribution is 1.37. The molecule has 1 aromatic carbocycles. The van der Waals surface area contributed by atoms with Gasteiger partial charge in [-0.1, -0.05) is 18.2 Å². The van der Waals surface area contributed by atoms with Crippen LogP contribution in [0.3, 0.4) is 0 Å². The van der Waals surface area contributed by atoms with E-state index in [1.54, 1.807) is 6.21 Å². The first kappa shape index (κ1) is 7.38. The molecule has 0 amide bonds. The molecular weight excluding hydrogens is 174 g/mol. The van der Waals surface area contributed by atoms with E-state index in [2.05, 4.69) is 27.6 Å². The second-order valence-electron chi connectivity index (χ2n) is 3.24. The van der Waals surface area contributed by atoms with Crippen LogP contribution in [0.15, 0.2) is 35.7 Å². The van der Waals surface area contributed by atoms with Crippen molar-refractivity contribution in [1.82, 2.24) is 4.98 Å². The molecular formula is C11H9N3. The Labute approximate surface area is 81.1 Å². The van der Waals surface area contributed by atoms with Crippen LogP contribution in [0.25, 0.3) is 16.8 Å². The number of aromatic nitrogens is 1. The first-order valence-corrected chi connectivity index (χ1v) is 4.50. The van der Waals surface area contributed by atoms with Crippen LogP contribution in [0.2, 0.25) is 0 Å². The Morgan fingerprint density at radius 2 is 2.14 bits per heavy atom. The van der Waals surface area contributed by atoms with E-state index in [4.69, 9.17) is 0 Å². The van der Waals surface area contributed by atoms with Gasteiger partial charge in [0.25, 0.3) is 0 Å². The van der Waals surface area contributed by atoms with Crippen molar-refractivity contribution >= 4 is 28.8 Å². The Morgan fingerprint density at radius 1 is 1.14 bits per heavy atom. The van der Waals surface area contributed by atoms with Gasteiger partial charge in [-0.2, -0.15) is 5.10 Å². The topological polar surface area (TPSA) is 40.2 Å². The van der Waals surface area contributed by atoms with E-state index in [1.807, 2.05) is 24.5 Å². The average molecular weight is 183 g/mol. The number of hydrogen-bond acceptors (Lipinski definition) is 2. The highest BCUT2D eigenvalue weighted by Crippen LogP contribution is 2.29. The number of hydrogen-bond donors (Lipinski definition) is 2. The summed E-state index contributed by atoms with van der Waals surface area (Å²) in [7, 11) is 0. The first-order chi connectivity index (χ1) is 6.95. The van der Waals surface area contributed by atoms with Crippen molar-refractivity contribution in [2.24, 2.45) is 5.10 Å². The van der Waals surface area contributed by atoms with Crippen molar-refractivity contribution in [3.63, 3.8) is 0 Å². The molecule has 1 aromatic heterocycles. The van der Waals surface area contributed by atoms with Crippen LogP contribution in [0.1, 0.15) is 5.56 Å². The summed E-state index contributed by atoms with van der Waals surface area (Å²) >= 11 is 0. The summed E-state index contributed by atoms with van der Waals surface area (Å²) in [6.07, 6.45) is 9.69. The van der Waals surface area contributed by atoms with Gasteiger partial charge in [-0.25, -0.2) is 0 Å². The molecule has 68 valence electrons. The monoisotopic (exact) mass is 183 g/mol. The van der Waals surface area contributed by atoms with Gasteiger partial charge in [0.1, 0.15) is 0 Å². The molecule has 14 heavy (non-hydrogen) atoms. The standard InChI is InChI=1S/C11H9N3/c1-2-8-3-4-9-6-12-7-10(9)11(8)14-13-5-1/h1-7,12,14H. The first-order valence-electron chi connectivity index (χ1n) is 4.50. The van der Waals surface area contributed by atoms with Crippen LogP contribution in [-0.4, -0.2) is 11.2 Å². The van der Waals surface area contributed by atoms with Gasteiger partial charge in [-0.3, -0.25) is 5.43 Å². The van der Waals surface area contributed by atoms with Crippen LogP contribution in [0.4, 0.5) is 5.69 Å². The fourth-order valence-corrected chi connectivity index (χ4v) is 1.70. The third-order valence-electron chi connectivity index (χ3n) is 2.39. The maximum absolute atomic E-state index is 4.07. The van der Waals surface area contributed by atoms with Crippen LogP contribution in [0, 0.1) is 0 Å². The second-order valence-corrected chi connectivity index (χ2v) is 3.24. The van der Waals surface area contributed by atoms with Gasteiger partial charge in [0.15, 0.2) is 0 Å². The molecule has 0 spiro atoms. The Hall–Kier alpha value is -2.03. The Bertz CT molecular complexity index is 534. The number of nitrogens with one attached hydrogen (secondary N) is 2. The molecule has 0 bridgehead atoms. The molecule has 1 aliphatic heterocycles. The van der Waals surface area contributed by atoms with Crippen LogP contribution >= 0.6 is 0 Å². The lowest BCUT2D eigenvalue weighted by Crippen LogP contribution is -1.89. The van der Waals surface area contributed by atoms with Gasteiger partial charge in [-0.05, 0) is 6.08 Å². The fraction of sp³-hybridized carbons (Fsp3) is 0. The number of allylic oxidation sites excluding steroid dienone is 1. The van der Waals surface area contributed by atoms with Crippen molar-refractivity contribution < 1.29 is 0 Å². The Kier molecular flexibility index (Phi) is 1.44. The number of benzene rings is 1. The minimum Gasteiger partial charge on any atom is -0.366 e. The summed E-state index contributed by atoms with van der Waals surface area (Å²) in [6.45, 7) is 0. The van der Waals surface area contributed by atoms with Gasteiger partial charge in [0, 0.05) is 34.9 Å². The SMILES string of the molecule is C1=Cc2ccc3c[nH]cc3c2NN=C1. The predicted molar refractivity (Wildman–Crippen MR) is 59.4 cm³/mol. The summed E-state index contributed by atoms with van der Waals surface area (Å²) in [6, 6.07) is 4.19. The molecule has 0 saturated carbocycles. The van der Waals surface area contributed by atoms with Gasteiger partial charge >= 0.3 is 0 Å². The Balaban J connectivity index is 2.38. The molecule has 2 heterocycles. The molecule has 3 rings (SSSR count). The fourth-order valence-electron chi connectivity index (χ4n) is 1.70. The van der Waals surface area contributed by atoms with Crippen molar-refractivity contribution in [1.29, 1.82) is 0 Å². The zero-order chi connectivity index (χ0) is 9.38. The minimum absolute atomic E-state index is 1.06. The lowest BCUT2D eigenvalue weighted by atomic mass is 10.1. The molecule has 0 radical (unpaired) electrons. The van der Waals surface area contributed by atoms with Gasteiger partial charge in [0.2, 0.25) is 0 Å². The number of nitrogens with zero attached hydrogens (tertiary/aromatic N) is 1. The average Bonchev–Trinajstić information content (AvgIpc) is 2.55. The predicted octanol–water partition coefficient (Wildman–Crippen LogP) is 2.59. The zero-order valence-corrected chi connectivity index (χ0v) is 7.49. The van der Waals surface area contributed by atoms with Gasteiger partial charge in [0.05, 0.1) is 5.69 Å². The maximum Gasteiger partial charge on any atom is 0.0727 e. The van der Waals surface area contributed by atoms with E-state index in [0.717, 1.165) is 11.3 Å². The molecule has 1 aliphatic rings. The number of hydrazone groups is 1. The van der Waals surface area contributed by atoms with E-state index in [9.17, 15) is 0 Å². The van der Waals surface area contributed by atoms with E-state index in [1.165, 1.54) is 10.8 Å². The summed E-state index contributed by atoms with van der Waals surface area (Å²) < 4.78 is 0. The third kappa shape index (κ3) is 0.956. The molecule has 3 nitrogen and oxygen atoms in total.